The highest BCUT2D eigenvalue weighted by atomic mass is 35.5. The van der Waals surface area contributed by atoms with Gasteiger partial charge < -0.3 is 5.32 Å². The fraction of sp³-hybridized carbons (Fsp3) is 0.0455. The Morgan fingerprint density at radius 3 is 1.90 bits per heavy atom. The van der Waals surface area contributed by atoms with Crippen LogP contribution in [0.4, 0.5) is 5.69 Å². The number of carbonyl (C=O) groups excluding carboxylic acids is 3. The van der Waals surface area contributed by atoms with Crippen molar-refractivity contribution in [2.45, 2.75) is 6.92 Å². The van der Waals surface area contributed by atoms with Crippen molar-refractivity contribution in [1.82, 2.24) is 10.9 Å². The predicted octanol–water partition coefficient (Wildman–Crippen LogP) is 3.98. The Morgan fingerprint density at radius 2 is 1.24 bits per heavy atom. The summed E-state index contributed by atoms with van der Waals surface area (Å²) in [6.45, 7) is 1.82. The second-order valence-electron chi connectivity index (χ2n) is 6.26. The Labute approximate surface area is 172 Å². The number of hydrogen-bond donors (Lipinski definition) is 3. The van der Waals surface area contributed by atoms with Crippen molar-refractivity contribution >= 4 is 35.0 Å². The van der Waals surface area contributed by atoms with Gasteiger partial charge in [0.15, 0.2) is 0 Å². The number of hydrazine groups is 1. The lowest BCUT2D eigenvalue weighted by Crippen LogP contribution is -2.41. The first-order valence-corrected chi connectivity index (χ1v) is 9.15. The second-order valence-corrected chi connectivity index (χ2v) is 6.70. The van der Waals surface area contributed by atoms with Gasteiger partial charge in [-0.05, 0) is 61.0 Å². The van der Waals surface area contributed by atoms with Crippen LogP contribution < -0.4 is 16.2 Å². The highest BCUT2D eigenvalue weighted by Crippen LogP contribution is 2.18. The van der Waals surface area contributed by atoms with E-state index in [1.54, 1.807) is 66.7 Å². The maximum Gasteiger partial charge on any atom is 0.269 e. The second kappa shape index (κ2) is 9.03. The standard InChI is InChI=1S/C22H18ClN3O3/c1-14-7-8-17(13-19(14)24-20(27)15-5-3-2-4-6-15)22(29)26-25-21(28)16-9-11-18(23)12-10-16/h2-13H,1H3,(H,24,27)(H,25,28)(H,26,29). The molecule has 0 fully saturated rings. The van der Waals surface area contributed by atoms with Gasteiger partial charge in [-0.2, -0.15) is 0 Å². The first-order chi connectivity index (χ1) is 13.9. The van der Waals surface area contributed by atoms with Crippen LogP contribution in [0.25, 0.3) is 0 Å². The Balaban J connectivity index is 1.66. The molecule has 29 heavy (non-hydrogen) atoms. The molecule has 0 heterocycles. The third-order valence-electron chi connectivity index (χ3n) is 4.18. The molecule has 0 spiro atoms. The monoisotopic (exact) mass is 407 g/mol. The lowest BCUT2D eigenvalue weighted by molar-refractivity contribution is 0.0846. The summed E-state index contributed by atoms with van der Waals surface area (Å²) in [5, 5.41) is 3.31. The molecule has 0 aromatic heterocycles. The highest BCUT2D eigenvalue weighted by molar-refractivity contribution is 6.30. The zero-order valence-corrected chi connectivity index (χ0v) is 16.3. The molecule has 146 valence electrons. The fourth-order valence-electron chi connectivity index (χ4n) is 2.54. The Kier molecular flexibility index (Phi) is 6.26. The molecule has 3 N–H and O–H groups in total. The minimum Gasteiger partial charge on any atom is -0.322 e. The van der Waals surface area contributed by atoms with Gasteiger partial charge in [0, 0.05) is 27.4 Å². The predicted molar refractivity (Wildman–Crippen MR) is 112 cm³/mol. The molecule has 3 aromatic rings. The SMILES string of the molecule is Cc1ccc(C(=O)NNC(=O)c2ccc(Cl)cc2)cc1NC(=O)c1ccccc1. The summed E-state index contributed by atoms with van der Waals surface area (Å²) in [7, 11) is 0. The number of amides is 3. The van der Waals surface area contributed by atoms with Crippen molar-refractivity contribution in [2.75, 3.05) is 5.32 Å². The van der Waals surface area contributed by atoms with E-state index in [4.69, 9.17) is 11.6 Å². The zero-order valence-electron chi connectivity index (χ0n) is 15.5. The molecule has 0 bridgehead atoms. The van der Waals surface area contributed by atoms with E-state index in [2.05, 4.69) is 16.2 Å². The number of anilines is 1. The average Bonchev–Trinajstić information content (AvgIpc) is 2.74. The topological polar surface area (TPSA) is 87.3 Å². The number of hydrogen-bond acceptors (Lipinski definition) is 3. The number of nitrogens with one attached hydrogen (secondary N) is 3. The highest BCUT2D eigenvalue weighted by Gasteiger charge is 2.13. The maximum absolute atomic E-state index is 12.4. The summed E-state index contributed by atoms with van der Waals surface area (Å²) in [5.74, 6) is -1.26. The third kappa shape index (κ3) is 5.21. The number of rotatable bonds is 4. The fourth-order valence-corrected chi connectivity index (χ4v) is 2.67. The molecule has 0 atom stereocenters. The van der Waals surface area contributed by atoms with Crippen molar-refractivity contribution in [3.8, 4) is 0 Å². The normalized spacial score (nSPS) is 10.1. The smallest absolute Gasteiger partial charge is 0.269 e. The van der Waals surface area contributed by atoms with E-state index < -0.39 is 11.8 Å². The van der Waals surface area contributed by atoms with Gasteiger partial charge in [0.05, 0.1) is 0 Å². The van der Waals surface area contributed by atoms with E-state index in [1.807, 2.05) is 13.0 Å². The molecule has 3 amide bonds. The van der Waals surface area contributed by atoms with Crippen molar-refractivity contribution in [3.63, 3.8) is 0 Å². The van der Waals surface area contributed by atoms with Gasteiger partial charge in [0.2, 0.25) is 0 Å². The van der Waals surface area contributed by atoms with Crippen LogP contribution in [0.2, 0.25) is 5.02 Å². The largest absolute Gasteiger partial charge is 0.322 e. The number of benzene rings is 3. The quantitative estimate of drug-likeness (QED) is 0.572. The van der Waals surface area contributed by atoms with Gasteiger partial charge in [-0.15, -0.1) is 0 Å². The van der Waals surface area contributed by atoms with Crippen LogP contribution in [0.15, 0.2) is 72.8 Å². The first-order valence-electron chi connectivity index (χ1n) is 8.77. The summed E-state index contributed by atoms with van der Waals surface area (Å²) in [6.07, 6.45) is 0. The first kappa shape index (κ1) is 20.1. The van der Waals surface area contributed by atoms with Gasteiger partial charge in [-0.3, -0.25) is 25.2 Å². The number of aryl methyl sites for hydroxylation is 1. The number of carbonyl (C=O) groups is 3. The van der Waals surface area contributed by atoms with Crippen molar-refractivity contribution in [2.24, 2.45) is 0 Å². The minimum atomic E-state index is -0.512. The molecule has 3 rings (SSSR count). The van der Waals surface area contributed by atoms with Crippen LogP contribution in [-0.2, 0) is 0 Å². The van der Waals surface area contributed by atoms with E-state index in [0.29, 0.717) is 21.8 Å². The van der Waals surface area contributed by atoms with E-state index in [1.165, 1.54) is 0 Å². The summed E-state index contributed by atoms with van der Waals surface area (Å²) in [5.41, 5.74) is 7.17. The van der Waals surface area contributed by atoms with Gasteiger partial charge in [0.1, 0.15) is 0 Å². The minimum absolute atomic E-state index is 0.276. The van der Waals surface area contributed by atoms with Gasteiger partial charge in [-0.1, -0.05) is 35.9 Å². The Morgan fingerprint density at radius 1 is 0.690 bits per heavy atom. The summed E-state index contributed by atoms with van der Waals surface area (Å²) in [6, 6.07) is 19.9. The lowest BCUT2D eigenvalue weighted by atomic mass is 10.1. The van der Waals surface area contributed by atoms with E-state index in [-0.39, 0.29) is 11.5 Å². The molecular formula is C22H18ClN3O3. The molecular weight excluding hydrogens is 390 g/mol. The molecule has 0 saturated heterocycles. The van der Waals surface area contributed by atoms with Crippen LogP contribution in [0.5, 0.6) is 0 Å². The molecule has 0 aliphatic heterocycles. The van der Waals surface area contributed by atoms with Crippen LogP contribution in [0.3, 0.4) is 0 Å². The van der Waals surface area contributed by atoms with Gasteiger partial charge in [-0.25, -0.2) is 0 Å². The Hall–Kier alpha value is -3.64. The molecule has 0 aliphatic rings. The van der Waals surface area contributed by atoms with E-state index >= 15 is 0 Å². The molecule has 0 aliphatic carbocycles. The van der Waals surface area contributed by atoms with Crippen LogP contribution >= 0.6 is 11.6 Å². The maximum atomic E-state index is 12.4. The molecule has 0 saturated carbocycles. The summed E-state index contributed by atoms with van der Waals surface area (Å²) < 4.78 is 0. The lowest BCUT2D eigenvalue weighted by Gasteiger charge is -2.12. The molecule has 0 unspecified atom stereocenters. The number of halogens is 1. The summed E-state index contributed by atoms with van der Waals surface area (Å²) >= 11 is 5.80. The molecule has 6 nitrogen and oxygen atoms in total. The van der Waals surface area contributed by atoms with Crippen LogP contribution in [-0.4, -0.2) is 17.7 Å². The zero-order chi connectivity index (χ0) is 20.8. The van der Waals surface area contributed by atoms with Crippen molar-refractivity contribution in [1.29, 1.82) is 0 Å². The van der Waals surface area contributed by atoms with Crippen molar-refractivity contribution in [3.05, 3.63) is 100 Å². The van der Waals surface area contributed by atoms with Gasteiger partial charge >= 0.3 is 0 Å². The van der Waals surface area contributed by atoms with E-state index in [9.17, 15) is 14.4 Å². The van der Waals surface area contributed by atoms with Crippen LogP contribution in [0, 0.1) is 6.92 Å². The third-order valence-corrected chi connectivity index (χ3v) is 4.43. The Bertz CT molecular complexity index is 1050. The average molecular weight is 408 g/mol. The van der Waals surface area contributed by atoms with Crippen LogP contribution in [0.1, 0.15) is 36.6 Å². The van der Waals surface area contributed by atoms with Crippen molar-refractivity contribution < 1.29 is 14.4 Å². The molecule has 3 aromatic carbocycles. The van der Waals surface area contributed by atoms with Gasteiger partial charge in [0.25, 0.3) is 17.7 Å². The van der Waals surface area contributed by atoms with E-state index in [0.717, 1.165) is 5.56 Å². The molecule has 0 radical (unpaired) electrons. The molecule has 7 heteroatoms. The summed E-state index contributed by atoms with van der Waals surface area (Å²) in [4.78, 5) is 36.8.